The van der Waals surface area contributed by atoms with E-state index in [0.29, 0.717) is 0 Å². The molecule has 0 spiro atoms. The SMILES string of the molecule is O=c1[nH]ncc2c1-c1ccccc1CC2.[B]. The second-order valence-electron chi connectivity index (χ2n) is 3.76. The Morgan fingerprint density at radius 2 is 1.88 bits per heavy atom. The summed E-state index contributed by atoms with van der Waals surface area (Å²) in [5.41, 5.74) is 4.08. The Labute approximate surface area is 95.1 Å². The smallest absolute Gasteiger partial charge is 0.267 e. The second-order valence-corrected chi connectivity index (χ2v) is 3.76. The van der Waals surface area contributed by atoms with E-state index in [-0.39, 0.29) is 14.0 Å². The summed E-state index contributed by atoms with van der Waals surface area (Å²) in [6.45, 7) is 0. The molecule has 3 radical (unpaired) electrons. The third-order valence-corrected chi connectivity index (χ3v) is 2.89. The number of fused-ring (bicyclic) bond motifs is 3. The largest absolute Gasteiger partial charge is 0.272 e. The Morgan fingerprint density at radius 1 is 1.12 bits per heavy atom. The van der Waals surface area contributed by atoms with Crippen LogP contribution in [0.3, 0.4) is 0 Å². The lowest BCUT2D eigenvalue weighted by atomic mass is 9.87. The molecule has 0 amide bonds. The zero-order chi connectivity index (χ0) is 10.3. The van der Waals surface area contributed by atoms with E-state index < -0.39 is 0 Å². The number of hydrogen-bond donors (Lipinski definition) is 1. The predicted octanol–water partition coefficient (Wildman–Crippen LogP) is 1.15. The molecule has 1 aromatic carbocycles. The molecular weight excluding hydrogens is 199 g/mol. The number of aromatic amines is 1. The van der Waals surface area contributed by atoms with Gasteiger partial charge in [-0.3, -0.25) is 4.79 Å². The van der Waals surface area contributed by atoms with Crippen LogP contribution in [0.1, 0.15) is 11.1 Å². The van der Waals surface area contributed by atoms with Crippen LogP contribution >= 0.6 is 0 Å². The standard InChI is InChI=1S/C12H10N2O.B/c15-12-11-9(7-13-14-12)6-5-8-3-1-2-4-10(8)11;/h1-4,7H,5-6H2,(H,14,15);. The molecule has 4 heteroatoms. The average molecular weight is 209 g/mol. The van der Waals surface area contributed by atoms with E-state index in [4.69, 9.17) is 0 Å². The lowest BCUT2D eigenvalue weighted by Crippen LogP contribution is -2.17. The van der Waals surface area contributed by atoms with Crippen LogP contribution in [0.25, 0.3) is 11.1 Å². The van der Waals surface area contributed by atoms with Crippen molar-refractivity contribution in [2.45, 2.75) is 12.8 Å². The second kappa shape index (κ2) is 3.97. The van der Waals surface area contributed by atoms with Crippen molar-refractivity contribution >= 4 is 8.41 Å². The van der Waals surface area contributed by atoms with Gasteiger partial charge in [-0.15, -0.1) is 0 Å². The molecule has 0 saturated carbocycles. The van der Waals surface area contributed by atoms with Crippen molar-refractivity contribution in [3.8, 4) is 11.1 Å². The summed E-state index contributed by atoms with van der Waals surface area (Å²) < 4.78 is 0. The van der Waals surface area contributed by atoms with Gasteiger partial charge in [0.2, 0.25) is 0 Å². The van der Waals surface area contributed by atoms with E-state index in [9.17, 15) is 4.79 Å². The van der Waals surface area contributed by atoms with Crippen LogP contribution in [-0.4, -0.2) is 18.6 Å². The first-order valence-electron chi connectivity index (χ1n) is 5.01. The number of aryl methyl sites for hydroxylation is 2. The molecule has 1 aliphatic carbocycles. The average Bonchev–Trinajstić information content (AvgIpc) is 2.29. The third-order valence-electron chi connectivity index (χ3n) is 2.89. The van der Waals surface area contributed by atoms with Crippen molar-refractivity contribution in [1.29, 1.82) is 0 Å². The Balaban J connectivity index is 0.000000963. The van der Waals surface area contributed by atoms with E-state index in [1.165, 1.54) is 5.56 Å². The van der Waals surface area contributed by atoms with Crippen molar-refractivity contribution in [3.63, 3.8) is 0 Å². The number of rotatable bonds is 0. The molecule has 0 atom stereocenters. The Bertz CT molecular complexity index is 577. The number of nitrogens with one attached hydrogen (secondary N) is 1. The highest BCUT2D eigenvalue weighted by Gasteiger charge is 2.18. The highest BCUT2D eigenvalue weighted by molar-refractivity contribution is 5.75. The molecule has 16 heavy (non-hydrogen) atoms. The maximum Gasteiger partial charge on any atom is 0.272 e. The summed E-state index contributed by atoms with van der Waals surface area (Å²) in [4.78, 5) is 11.7. The fourth-order valence-electron chi connectivity index (χ4n) is 2.17. The van der Waals surface area contributed by atoms with Gasteiger partial charge in [0.05, 0.1) is 11.8 Å². The normalized spacial score (nSPS) is 12.2. The molecule has 2 aromatic rings. The van der Waals surface area contributed by atoms with Crippen LogP contribution in [0.2, 0.25) is 0 Å². The Hall–Kier alpha value is -1.84. The highest BCUT2D eigenvalue weighted by atomic mass is 16.1. The molecule has 1 heterocycles. The van der Waals surface area contributed by atoms with Gasteiger partial charge in [-0.25, -0.2) is 5.10 Å². The first-order valence-corrected chi connectivity index (χ1v) is 5.01. The fraction of sp³-hybridized carbons (Fsp3) is 0.167. The van der Waals surface area contributed by atoms with Gasteiger partial charge in [-0.2, -0.15) is 5.10 Å². The Kier molecular flexibility index (Phi) is 2.65. The van der Waals surface area contributed by atoms with Gasteiger partial charge in [0.25, 0.3) is 5.56 Å². The minimum absolute atomic E-state index is 0. The van der Waals surface area contributed by atoms with Gasteiger partial charge in [0.1, 0.15) is 0 Å². The van der Waals surface area contributed by atoms with Crippen LogP contribution in [-0.2, 0) is 12.8 Å². The quantitative estimate of drug-likeness (QED) is 0.661. The molecule has 0 fully saturated rings. The number of hydrogen-bond acceptors (Lipinski definition) is 2. The summed E-state index contributed by atoms with van der Waals surface area (Å²) in [5.74, 6) is 0. The minimum atomic E-state index is -0.0837. The summed E-state index contributed by atoms with van der Waals surface area (Å²) in [6, 6.07) is 8.06. The molecule has 0 bridgehead atoms. The van der Waals surface area contributed by atoms with E-state index in [1.54, 1.807) is 6.20 Å². The molecule has 0 aliphatic heterocycles. The van der Waals surface area contributed by atoms with Gasteiger partial charge < -0.3 is 0 Å². The van der Waals surface area contributed by atoms with E-state index in [2.05, 4.69) is 16.3 Å². The van der Waals surface area contributed by atoms with Crippen LogP contribution in [0.4, 0.5) is 0 Å². The molecule has 1 aromatic heterocycles. The number of aromatic nitrogens is 2. The van der Waals surface area contributed by atoms with Gasteiger partial charge >= 0.3 is 0 Å². The monoisotopic (exact) mass is 209 g/mol. The maximum absolute atomic E-state index is 11.7. The van der Waals surface area contributed by atoms with Gasteiger partial charge in [0, 0.05) is 8.41 Å². The lowest BCUT2D eigenvalue weighted by molar-refractivity contribution is 0.885. The van der Waals surface area contributed by atoms with Crippen LogP contribution in [0.15, 0.2) is 35.3 Å². The summed E-state index contributed by atoms with van der Waals surface area (Å²) in [6.07, 6.45) is 3.66. The molecular formula is C12H10BN2O. The molecule has 1 N–H and O–H groups in total. The molecule has 77 valence electrons. The van der Waals surface area contributed by atoms with Crippen molar-refractivity contribution < 1.29 is 0 Å². The molecule has 0 saturated heterocycles. The summed E-state index contributed by atoms with van der Waals surface area (Å²) in [7, 11) is 0. The molecule has 1 aliphatic rings. The van der Waals surface area contributed by atoms with Crippen LogP contribution in [0, 0.1) is 0 Å². The predicted molar refractivity (Wildman–Crippen MR) is 63.5 cm³/mol. The van der Waals surface area contributed by atoms with Gasteiger partial charge in [-0.05, 0) is 29.5 Å². The van der Waals surface area contributed by atoms with Crippen LogP contribution < -0.4 is 5.56 Å². The lowest BCUT2D eigenvalue weighted by Gasteiger charge is -2.17. The highest BCUT2D eigenvalue weighted by Crippen LogP contribution is 2.29. The van der Waals surface area contributed by atoms with Gasteiger partial charge in [-0.1, -0.05) is 24.3 Å². The zero-order valence-corrected chi connectivity index (χ0v) is 8.73. The molecule has 0 unspecified atom stereocenters. The van der Waals surface area contributed by atoms with Crippen molar-refractivity contribution in [2.24, 2.45) is 0 Å². The van der Waals surface area contributed by atoms with Crippen molar-refractivity contribution in [1.82, 2.24) is 10.2 Å². The summed E-state index contributed by atoms with van der Waals surface area (Å²) in [5, 5.41) is 6.33. The maximum atomic E-state index is 11.7. The Morgan fingerprint density at radius 3 is 2.75 bits per heavy atom. The minimum Gasteiger partial charge on any atom is -0.267 e. The number of benzene rings is 1. The van der Waals surface area contributed by atoms with E-state index in [0.717, 1.165) is 29.5 Å². The van der Waals surface area contributed by atoms with Gasteiger partial charge in [0.15, 0.2) is 0 Å². The first kappa shape index (κ1) is 10.7. The molecule has 3 rings (SSSR count). The van der Waals surface area contributed by atoms with E-state index >= 15 is 0 Å². The zero-order valence-electron chi connectivity index (χ0n) is 8.73. The van der Waals surface area contributed by atoms with Crippen molar-refractivity contribution in [2.75, 3.05) is 0 Å². The fourth-order valence-corrected chi connectivity index (χ4v) is 2.17. The number of H-pyrrole nitrogens is 1. The summed E-state index contributed by atoms with van der Waals surface area (Å²) >= 11 is 0. The van der Waals surface area contributed by atoms with Crippen molar-refractivity contribution in [3.05, 3.63) is 51.9 Å². The van der Waals surface area contributed by atoms with E-state index in [1.807, 2.05) is 18.2 Å². The number of nitrogens with zero attached hydrogens (tertiary/aromatic N) is 1. The molecule has 3 nitrogen and oxygen atoms in total. The first-order chi connectivity index (χ1) is 7.36. The van der Waals surface area contributed by atoms with Crippen LogP contribution in [0.5, 0.6) is 0 Å². The third kappa shape index (κ3) is 1.47. The topological polar surface area (TPSA) is 45.8 Å².